The summed E-state index contributed by atoms with van der Waals surface area (Å²) in [5.41, 5.74) is 2.18. The van der Waals surface area contributed by atoms with E-state index in [0.717, 1.165) is 54.6 Å². The highest BCUT2D eigenvalue weighted by molar-refractivity contribution is 6.31. The lowest BCUT2D eigenvalue weighted by atomic mass is 10.1. The third kappa shape index (κ3) is 2.62. The van der Waals surface area contributed by atoms with Crippen LogP contribution in [-0.2, 0) is 17.9 Å². The summed E-state index contributed by atoms with van der Waals surface area (Å²) in [4.78, 5) is 2.41. The predicted octanol–water partition coefficient (Wildman–Crippen LogP) is 1.61. The Labute approximate surface area is 112 Å². The third-order valence-electron chi connectivity index (χ3n) is 3.39. The number of ether oxygens (including phenoxy) is 2. The molecule has 3 rings (SSSR count). The van der Waals surface area contributed by atoms with E-state index < -0.39 is 0 Å². The molecule has 0 spiro atoms. The minimum absolute atomic E-state index is 0.335. The second-order valence-electron chi connectivity index (χ2n) is 4.69. The van der Waals surface area contributed by atoms with E-state index in [4.69, 9.17) is 21.1 Å². The fourth-order valence-corrected chi connectivity index (χ4v) is 2.62. The van der Waals surface area contributed by atoms with E-state index >= 15 is 0 Å². The minimum atomic E-state index is 0.335. The Kier molecular flexibility index (Phi) is 3.70. The van der Waals surface area contributed by atoms with Crippen LogP contribution in [0.1, 0.15) is 11.1 Å². The lowest BCUT2D eigenvalue weighted by Crippen LogP contribution is -2.42. The first-order valence-corrected chi connectivity index (χ1v) is 6.65. The lowest BCUT2D eigenvalue weighted by molar-refractivity contribution is -0.0164. The van der Waals surface area contributed by atoms with Crippen molar-refractivity contribution >= 4 is 11.6 Å². The van der Waals surface area contributed by atoms with Gasteiger partial charge in [0.2, 0.25) is 0 Å². The van der Waals surface area contributed by atoms with E-state index in [1.54, 1.807) is 0 Å². The van der Waals surface area contributed by atoms with Gasteiger partial charge in [-0.25, -0.2) is 0 Å². The average molecular weight is 269 g/mol. The van der Waals surface area contributed by atoms with Crippen LogP contribution in [0.3, 0.4) is 0 Å². The molecule has 1 aromatic carbocycles. The van der Waals surface area contributed by atoms with Gasteiger partial charge in [0.15, 0.2) is 6.79 Å². The van der Waals surface area contributed by atoms with Crippen LogP contribution in [0.2, 0.25) is 5.02 Å². The molecule has 2 aliphatic rings. The molecule has 0 bridgehead atoms. The van der Waals surface area contributed by atoms with Gasteiger partial charge in [0.05, 0.1) is 6.61 Å². The number of hydrogen-bond acceptors (Lipinski definition) is 4. The molecular formula is C13H17ClN2O2. The Morgan fingerprint density at radius 3 is 2.94 bits per heavy atom. The van der Waals surface area contributed by atoms with Crippen molar-refractivity contribution in [1.29, 1.82) is 0 Å². The molecule has 18 heavy (non-hydrogen) atoms. The van der Waals surface area contributed by atoms with E-state index in [9.17, 15) is 0 Å². The predicted molar refractivity (Wildman–Crippen MR) is 69.9 cm³/mol. The summed E-state index contributed by atoms with van der Waals surface area (Å²) in [6.45, 7) is 6.04. The molecule has 2 aliphatic heterocycles. The first kappa shape index (κ1) is 12.2. The summed E-state index contributed by atoms with van der Waals surface area (Å²) < 4.78 is 10.7. The zero-order chi connectivity index (χ0) is 12.4. The van der Waals surface area contributed by atoms with Gasteiger partial charge in [-0.1, -0.05) is 11.6 Å². The van der Waals surface area contributed by atoms with Crippen molar-refractivity contribution in [3.8, 4) is 5.75 Å². The van der Waals surface area contributed by atoms with Crippen LogP contribution in [0.15, 0.2) is 12.1 Å². The topological polar surface area (TPSA) is 33.7 Å². The van der Waals surface area contributed by atoms with Gasteiger partial charge >= 0.3 is 0 Å². The van der Waals surface area contributed by atoms with Gasteiger partial charge in [-0.15, -0.1) is 0 Å². The van der Waals surface area contributed by atoms with Crippen LogP contribution in [0.4, 0.5) is 0 Å². The van der Waals surface area contributed by atoms with Crippen LogP contribution in [-0.4, -0.2) is 37.9 Å². The molecule has 98 valence electrons. The molecule has 0 radical (unpaired) electrons. The van der Waals surface area contributed by atoms with Crippen molar-refractivity contribution in [2.45, 2.75) is 13.2 Å². The Bertz CT molecular complexity index is 433. The van der Waals surface area contributed by atoms with E-state index in [1.807, 2.05) is 6.07 Å². The fourth-order valence-electron chi connectivity index (χ4n) is 2.37. The van der Waals surface area contributed by atoms with Gasteiger partial charge in [0.1, 0.15) is 5.75 Å². The van der Waals surface area contributed by atoms with Gasteiger partial charge in [0, 0.05) is 43.3 Å². The SMILES string of the molecule is Clc1cc2c(cc1CN1CCNCC1)OCOC2. The molecule has 4 nitrogen and oxygen atoms in total. The maximum Gasteiger partial charge on any atom is 0.189 e. The van der Waals surface area contributed by atoms with Gasteiger partial charge < -0.3 is 14.8 Å². The molecule has 0 atom stereocenters. The van der Waals surface area contributed by atoms with Crippen LogP contribution in [0.5, 0.6) is 5.75 Å². The lowest BCUT2D eigenvalue weighted by Gasteiger charge is -2.28. The number of hydrogen-bond donors (Lipinski definition) is 1. The first-order valence-electron chi connectivity index (χ1n) is 6.28. The maximum atomic E-state index is 6.33. The molecule has 1 aromatic rings. The van der Waals surface area contributed by atoms with Crippen molar-refractivity contribution in [2.75, 3.05) is 33.0 Å². The summed E-state index contributed by atoms with van der Waals surface area (Å²) in [5, 5.41) is 4.16. The number of rotatable bonds is 2. The Balaban J connectivity index is 1.78. The van der Waals surface area contributed by atoms with Gasteiger partial charge in [-0.3, -0.25) is 4.90 Å². The summed E-state index contributed by atoms with van der Waals surface area (Å²) in [5.74, 6) is 0.913. The molecule has 0 saturated carbocycles. The normalized spacial score (nSPS) is 20.3. The molecule has 1 N–H and O–H groups in total. The van der Waals surface area contributed by atoms with Gasteiger partial charge in [-0.05, 0) is 17.7 Å². The molecule has 2 heterocycles. The van der Waals surface area contributed by atoms with Crippen LogP contribution in [0, 0.1) is 0 Å². The molecule has 5 heteroatoms. The van der Waals surface area contributed by atoms with Crippen molar-refractivity contribution in [2.24, 2.45) is 0 Å². The first-order chi connectivity index (χ1) is 8.83. The smallest absolute Gasteiger partial charge is 0.189 e. The molecular weight excluding hydrogens is 252 g/mol. The highest BCUT2D eigenvalue weighted by Gasteiger charge is 2.16. The monoisotopic (exact) mass is 268 g/mol. The highest BCUT2D eigenvalue weighted by Crippen LogP contribution is 2.30. The molecule has 0 aliphatic carbocycles. The molecule has 0 amide bonds. The highest BCUT2D eigenvalue weighted by atomic mass is 35.5. The largest absolute Gasteiger partial charge is 0.467 e. The fraction of sp³-hybridized carbons (Fsp3) is 0.538. The number of halogens is 1. The van der Waals surface area contributed by atoms with Crippen LogP contribution >= 0.6 is 11.6 Å². The van der Waals surface area contributed by atoms with E-state index in [-0.39, 0.29) is 0 Å². The maximum absolute atomic E-state index is 6.33. The zero-order valence-corrected chi connectivity index (χ0v) is 11.0. The Morgan fingerprint density at radius 2 is 2.11 bits per heavy atom. The summed E-state index contributed by atoms with van der Waals surface area (Å²) in [7, 11) is 0. The van der Waals surface area contributed by atoms with E-state index in [0.29, 0.717) is 13.4 Å². The van der Waals surface area contributed by atoms with Crippen molar-refractivity contribution in [1.82, 2.24) is 10.2 Å². The second-order valence-corrected chi connectivity index (χ2v) is 5.10. The second kappa shape index (κ2) is 5.45. The minimum Gasteiger partial charge on any atom is -0.467 e. The number of benzene rings is 1. The molecule has 1 fully saturated rings. The number of piperazine rings is 1. The van der Waals surface area contributed by atoms with Crippen LogP contribution in [0.25, 0.3) is 0 Å². The number of nitrogens with zero attached hydrogens (tertiary/aromatic N) is 1. The standard InChI is InChI=1S/C13H17ClN2O2/c14-12-5-11-8-17-9-18-13(11)6-10(12)7-16-3-1-15-2-4-16/h5-6,15H,1-4,7-9H2. The number of nitrogens with one attached hydrogen (secondary N) is 1. The van der Waals surface area contributed by atoms with Gasteiger partial charge in [0.25, 0.3) is 0 Å². The zero-order valence-electron chi connectivity index (χ0n) is 10.2. The summed E-state index contributed by atoms with van der Waals surface area (Å²) >= 11 is 6.33. The van der Waals surface area contributed by atoms with E-state index in [1.165, 1.54) is 0 Å². The van der Waals surface area contributed by atoms with Gasteiger partial charge in [-0.2, -0.15) is 0 Å². The van der Waals surface area contributed by atoms with Crippen molar-refractivity contribution in [3.63, 3.8) is 0 Å². The summed E-state index contributed by atoms with van der Waals surface area (Å²) in [6, 6.07) is 4.02. The average Bonchev–Trinajstić information content (AvgIpc) is 2.41. The number of fused-ring (bicyclic) bond motifs is 1. The molecule has 0 unspecified atom stereocenters. The third-order valence-corrected chi connectivity index (χ3v) is 3.74. The summed E-state index contributed by atoms with van der Waals surface area (Å²) in [6.07, 6.45) is 0. The quantitative estimate of drug-likeness (QED) is 0.884. The van der Waals surface area contributed by atoms with Crippen molar-refractivity contribution < 1.29 is 9.47 Å². The Hall–Kier alpha value is -0.810. The molecule has 1 saturated heterocycles. The Morgan fingerprint density at radius 1 is 1.28 bits per heavy atom. The van der Waals surface area contributed by atoms with Crippen molar-refractivity contribution in [3.05, 3.63) is 28.3 Å². The molecule has 0 aromatic heterocycles. The van der Waals surface area contributed by atoms with Crippen LogP contribution < -0.4 is 10.1 Å². The van der Waals surface area contributed by atoms with E-state index in [2.05, 4.69) is 16.3 Å².